The first kappa shape index (κ1) is 23.4. The number of aromatic amines is 1. The Morgan fingerprint density at radius 2 is 1.82 bits per heavy atom. The first-order valence-corrected chi connectivity index (χ1v) is 9.83. The van der Waals surface area contributed by atoms with E-state index in [0.29, 0.717) is 11.4 Å². The number of carbonyl (C=O) groups is 3. The highest BCUT2D eigenvalue weighted by molar-refractivity contribution is 6.29. The summed E-state index contributed by atoms with van der Waals surface area (Å²) in [5.74, 6) is -3.54. The molecule has 1 aromatic carbocycles. The van der Waals surface area contributed by atoms with Gasteiger partial charge in [0.05, 0.1) is 18.4 Å². The van der Waals surface area contributed by atoms with E-state index in [2.05, 4.69) is 30.6 Å². The molecular formula is C19H18ClN7O6. The van der Waals surface area contributed by atoms with Crippen LogP contribution in [0.1, 0.15) is 22.5 Å². The average Bonchev–Trinajstić information content (AvgIpc) is 2.77. The summed E-state index contributed by atoms with van der Waals surface area (Å²) in [6.45, 7) is 0.214. The van der Waals surface area contributed by atoms with Gasteiger partial charge in [-0.1, -0.05) is 0 Å². The van der Waals surface area contributed by atoms with Gasteiger partial charge in [-0.3, -0.25) is 19.4 Å². The van der Waals surface area contributed by atoms with E-state index in [1.165, 1.54) is 18.3 Å². The minimum Gasteiger partial charge on any atom is -0.480 e. The lowest BCUT2D eigenvalue weighted by Gasteiger charge is -2.16. The van der Waals surface area contributed by atoms with Crippen LogP contribution in [0.2, 0.25) is 0 Å². The van der Waals surface area contributed by atoms with Crippen molar-refractivity contribution in [2.24, 2.45) is 0 Å². The van der Waals surface area contributed by atoms with E-state index in [-0.39, 0.29) is 29.2 Å². The van der Waals surface area contributed by atoms with Crippen LogP contribution in [0.15, 0.2) is 35.3 Å². The molecule has 0 fully saturated rings. The van der Waals surface area contributed by atoms with Crippen LogP contribution in [-0.4, -0.2) is 59.4 Å². The number of nitrogens with two attached hydrogens (primary N) is 1. The fourth-order valence-corrected chi connectivity index (χ4v) is 2.94. The van der Waals surface area contributed by atoms with Crippen molar-refractivity contribution < 1.29 is 24.6 Å². The van der Waals surface area contributed by atoms with Crippen molar-refractivity contribution in [1.29, 1.82) is 0 Å². The molecule has 172 valence electrons. The Balaban J connectivity index is 1.63. The third kappa shape index (κ3) is 5.92. The Labute approximate surface area is 190 Å². The van der Waals surface area contributed by atoms with E-state index in [9.17, 15) is 24.3 Å². The number of benzene rings is 1. The van der Waals surface area contributed by atoms with E-state index < -0.39 is 41.2 Å². The number of fused-ring (bicyclic) bond motifs is 1. The summed E-state index contributed by atoms with van der Waals surface area (Å²) >= 11 is 5.58. The molecule has 2 aromatic heterocycles. The lowest BCUT2D eigenvalue weighted by Crippen LogP contribution is -2.43. The van der Waals surface area contributed by atoms with Gasteiger partial charge in [0.1, 0.15) is 11.4 Å². The standard InChI is InChI=1S/C19H18ClN7O6/c20-11(17(30)31)5-12(18(32)33)25-15(28)8-1-3-9(4-2-8)22-6-10-7-23-14-13(24-10)16(29)27-19(21)26-14/h1-4,7,11-12,22H,5-6H2,(H,25,28)(H,30,31)(H,32,33)(H3,21,23,26,27,29). The van der Waals surface area contributed by atoms with Crippen LogP contribution in [0.3, 0.4) is 0 Å². The van der Waals surface area contributed by atoms with Gasteiger partial charge in [0.25, 0.3) is 11.5 Å². The smallest absolute Gasteiger partial charge is 0.326 e. The topological polar surface area (TPSA) is 213 Å². The Kier molecular flexibility index (Phi) is 7.03. The number of rotatable bonds is 9. The van der Waals surface area contributed by atoms with Crippen LogP contribution in [0.4, 0.5) is 11.6 Å². The highest BCUT2D eigenvalue weighted by Gasteiger charge is 2.27. The number of H-pyrrole nitrogens is 1. The van der Waals surface area contributed by atoms with Crippen molar-refractivity contribution in [3.63, 3.8) is 0 Å². The Morgan fingerprint density at radius 3 is 2.45 bits per heavy atom. The van der Waals surface area contributed by atoms with E-state index >= 15 is 0 Å². The summed E-state index contributed by atoms with van der Waals surface area (Å²) < 4.78 is 0. The van der Waals surface area contributed by atoms with Crippen molar-refractivity contribution in [2.45, 2.75) is 24.4 Å². The first-order chi connectivity index (χ1) is 15.6. The average molecular weight is 476 g/mol. The Hall–Kier alpha value is -4.26. The number of anilines is 2. The molecule has 0 saturated heterocycles. The number of carboxylic acids is 2. The summed E-state index contributed by atoms with van der Waals surface area (Å²) in [5.41, 5.74) is 6.36. The molecule has 0 spiro atoms. The van der Waals surface area contributed by atoms with Gasteiger partial charge in [0, 0.05) is 17.7 Å². The molecule has 1 amide bonds. The van der Waals surface area contributed by atoms with Crippen LogP contribution in [0, 0.1) is 0 Å². The SMILES string of the molecule is Nc1nc2ncc(CNc3ccc(C(=O)NC(CC(Cl)C(=O)O)C(=O)O)cc3)nc2c(=O)[nH]1. The van der Waals surface area contributed by atoms with Crippen LogP contribution >= 0.6 is 11.6 Å². The van der Waals surface area contributed by atoms with E-state index in [0.717, 1.165) is 0 Å². The molecule has 0 aliphatic carbocycles. The number of alkyl halides is 1. The van der Waals surface area contributed by atoms with Crippen molar-refractivity contribution in [3.05, 3.63) is 52.1 Å². The summed E-state index contributed by atoms with van der Waals surface area (Å²) in [5, 5.41) is 21.9. The molecule has 13 nitrogen and oxygen atoms in total. The van der Waals surface area contributed by atoms with Gasteiger partial charge in [-0.05, 0) is 24.3 Å². The molecule has 14 heteroatoms. The number of halogens is 1. The highest BCUT2D eigenvalue weighted by Crippen LogP contribution is 2.13. The number of carboxylic acid groups (broad SMARTS) is 2. The maximum atomic E-state index is 12.3. The predicted octanol–water partition coefficient (Wildman–Crippen LogP) is 0.173. The van der Waals surface area contributed by atoms with Gasteiger partial charge in [0.2, 0.25) is 5.95 Å². The number of aromatic nitrogens is 4. The van der Waals surface area contributed by atoms with E-state index in [4.69, 9.17) is 22.4 Å². The fraction of sp³-hybridized carbons (Fsp3) is 0.211. The minimum absolute atomic E-state index is 0.0468. The minimum atomic E-state index is -1.46. The number of amides is 1. The third-order valence-corrected chi connectivity index (χ3v) is 4.79. The Morgan fingerprint density at radius 1 is 1.12 bits per heavy atom. The zero-order chi connectivity index (χ0) is 24.1. The number of aliphatic carboxylic acids is 2. The fourth-order valence-electron chi connectivity index (χ4n) is 2.76. The largest absolute Gasteiger partial charge is 0.480 e. The molecule has 2 unspecified atom stereocenters. The number of nitrogens with zero attached hydrogens (tertiary/aromatic N) is 3. The van der Waals surface area contributed by atoms with Gasteiger partial charge in [0.15, 0.2) is 11.2 Å². The van der Waals surface area contributed by atoms with Gasteiger partial charge in [-0.25, -0.2) is 14.8 Å². The number of carbonyl (C=O) groups excluding carboxylic acids is 1. The number of nitrogens with one attached hydrogen (secondary N) is 3. The zero-order valence-corrected chi connectivity index (χ0v) is 17.5. The molecule has 3 aromatic rings. The molecule has 7 N–H and O–H groups in total. The van der Waals surface area contributed by atoms with E-state index in [1.54, 1.807) is 12.1 Å². The molecule has 3 rings (SSSR count). The molecule has 2 heterocycles. The highest BCUT2D eigenvalue weighted by atomic mass is 35.5. The van der Waals surface area contributed by atoms with Gasteiger partial charge in [-0.15, -0.1) is 11.6 Å². The van der Waals surface area contributed by atoms with Crippen molar-refractivity contribution >= 4 is 52.2 Å². The third-order valence-electron chi connectivity index (χ3n) is 4.42. The second-order valence-corrected chi connectivity index (χ2v) is 7.35. The predicted molar refractivity (Wildman–Crippen MR) is 117 cm³/mol. The molecule has 0 saturated carbocycles. The summed E-state index contributed by atoms with van der Waals surface area (Å²) in [4.78, 5) is 60.9. The summed E-state index contributed by atoms with van der Waals surface area (Å²) in [6.07, 6.45) is 0.964. The van der Waals surface area contributed by atoms with Crippen LogP contribution in [0.5, 0.6) is 0 Å². The van der Waals surface area contributed by atoms with Crippen LogP contribution in [-0.2, 0) is 16.1 Å². The molecular weight excluding hydrogens is 458 g/mol. The molecule has 0 aliphatic rings. The lowest BCUT2D eigenvalue weighted by molar-refractivity contribution is -0.140. The molecule has 0 radical (unpaired) electrons. The normalized spacial score (nSPS) is 12.6. The molecule has 0 aliphatic heterocycles. The quantitative estimate of drug-likeness (QED) is 0.229. The van der Waals surface area contributed by atoms with Gasteiger partial charge in [-0.2, -0.15) is 4.98 Å². The van der Waals surface area contributed by atoms with Crippen molar-refractivity contribution in [1.82, 2.24) is 25.3 Å². The zero-order valence-electron chi connectivity index (χ0n) is 16.8. The number of hydrogen-bond donors (Lipinski definition) is 6. The van der Waals surface area contributed by atoms with Crippen LogP contribution < -0.4 is 21.9 Å². The second-order valence-electron chi connectivity index (χ2n) is 6.82. The van der Waals surface area contributed by atoms with Gasteiger partial charge >= 0.3 is 11.9 Å². The molecule has 2 atom stereocenters. The molecule has 33 heavy (non-hydrogen) atoms. The monoisotopic (exact) mass is 475 g/mol. The van der Waals surface area contributed by atoms with Crippen molar-refractivity contribution in [2.75, 3.05) is 11.1 Å². The Bertz CT molecular complexity index is 1260. The maximum Gasteiger partial charge on any atom is 0.326 e. The second kappa shape index (κ2) is 9.91. The van der Waals surface area contributed by atoms with Crippen LogP contribution in [0.25, 0.3) is 11.2 Å². The lowest BCUT2D eigenvalue weighted by atomic mass is 10.1. The summed E-state index contributed by atoms with van der Waals surface area (Å²) in [6, 6.07) is 4.60. The number of nitrogen functional groups attached to an aromatic ring is 1. The first-order valence-electron chi connectivity index (χ1n) is 9.40. The number of hydrogen-bond acceptors (Lipinski definition) is 9. The van der Waals surface area contributed by atoms with E-state index in [1.807, 2.05) is 0 Å². The van der Waals surface area contributed by atoms with Crippen molar-refractivity contribution in [3.8, 4) is 0 Å². The molecule has 0 bridgehead atoms. The maximum absolute atomic E-state index is 12.3. The van der Waals surface area contributed by atoms with Gasteiger partial charge < -0.3 is 26.6 Å². The summed E-state index contributed by atoms with van der Waals surface area (Å²) in [7, 11) is 0.